The van der Waals surface area contributed by atoms with E-state index in [0.29, 0.717) is 10.2 Å². The van der Waals surface area contributed by atoms with E-state index in [4.69, 9.17) is 0 Å². The first-order valence-corrected chi connectivity index (χ1v) is 5.84. The van der Waals surface area contributed by atoms with Crippen LogP contribution < -0.4 is 5.32 Å². The molecule has 1 aromatic carbocycles. The number of carbonyl (C=O) groups is 1. The number of hydrogen-bond acceptors (Lipinski definition) is 2. The predicted molar refractivity (Wildman–Crippen MR) is 65.7 cm³/mol. The summed E-state index contributed by atoms with van der Waals surface area (Å²) < 4.78 is 38.5. The van der Waals surface area contributed by atoms with Crippen LogP contribution in [0.5, 0.6) is 0 Å². The molecule has 100 valence electrons. The smallest absolute Gasteiger partial charge is 0.322 e. The predicted octanol–water partition coefficient (Wildman–Crippen LogP) is 3.44. The molecule has 0 radical (unpaired) electrons. The van der Waals surface area contributed by atoms with E-state index in [1.54, 1.807) is 29.4 Å². The fraction of sp³-hybridized carbons (Fsp3) is 0.0909. The standard InChI is InChI=1S/C11H7BrF3N3O/c12-6-2-1-3-7(4-6)17-10(19)8-5-16-18-9(8)11(13,14)15/h1-5H,(H,16,18)(H,17,19). The number of halogens is 4. The topological polar surface area (TPSA) is 57.8 Å². The van der Waals surface area contributed by atoms with E-state index in [2.05, 4.69) is 26.3 Å². The molecule has 8 heteroatoms. The largest absolute Gasteiger partial charge is 0.433 e. The van der Waals surface area contributed by atoms with Gasteiger partial charge in [-0.05, 0) is 18.2 Å². The lowest BCUT2D eigenvalue weighted by Crippen LogP contribution is -2.17. The molecule has 19 heavy (non-hydrogen) atoms. The van der Waals surface area contributed by atoms with Crippen molar-refractivity contribution in [2.24, 2.45) is 0 Å². The third-order valence-electron chi connectivity index (χ3n) is 2.25. The number of aromatic amines is 1. The van der Waals surface area contributed by atoms with Crippen LogP contribution in [0.1, 0.15) is 16.1 Å². The molecule has 0 atom stereocenters. The van der Waals surface area contributed by atoms with Crippen molar-refractivity contribution < 1.29 is 18.0 Å². The molecule has 0 spiro atoms. The van der Waals surface area contributed by atoms with Crippen LogP contribution in [0.15, 0.2) is 34.9 Å². The summed E-state index contributed by atoms with van der Waals surface area (Å²) in [5.74, 6) is -0.876. The summed E-state index contributed by atoms with van der Waals surface area (Å²) in [7, 11) is 0. The quantitative estimate of drug-likeness (QED) is 0.884. The molecule has 1 amide bonds. The Bertz CT molecular complexity index is 609. The Labute approximate surface area is 114 Å². The minimum Gasteiger partial charge on any atom is -0.322 e. The lowest BCUT2D eigenvalue weighted by Gasteiger charge is -2.08. The minimum absolute atomic E-state index is 0.383. The van der Waals surface area contributed by atoms with Gasteiger partial charge in [0.05, 0.1) is 11.8 Å². The van der Waals surface area contributed by atoms with Crippen molar-refractivity contribution in [3.63, 3.8) is 0 Å². The van der Waals surface area contributed by atoms with E-state index >= 15 is 0 Å². The first kappa shape index (κ1) is 13.6. The van der Waals surface area contributed by atoms with Crippen LogP contribution in [0.2, 0.25) is 0 Å². The van der Waals surface area contributed by atoms with Gasteiger partial charge in [-0.1, -0.05) is 22.0 Å². The van der Waals surface area contributed by atoms with E-state index in [-0.39, 0.29) is 0 Å². The highest BCUT2D eigenvalue weighted by Gasteiger charge is 2.37. The molecule has 2 aromatic rings. The van der Waals surface area contributed by atoms with Crippen molar-refractivity contribution in [3.05, 3.63) is 46.2 Å². The van der Waals surface area contributed by atoms with E-state index < -0.39 is 23.3 Å². The number of rotatable bonds is 2. The zero-order valence-corrected chi connectivity index (χ0v) is 10.8. The molecule has 4 nitrogen and oxygen atoms in total. The number of aromatic nitrogens is 2. The van der Waals surface area contributed by atoms with Crippen LogP contribution in [0.3, 0.4) is 0 Å². The first-order chi connectivity index (χ1) is 8.88. The number of carbonyl (C=O) groups excluding carboxylic acids is 1. The van der Waals surface area contributed by atoms with Crippen LogP contribution in [0, 0.1) is 0 Å². The maximum atomic E-state index is 12.6. The fourth-order valence-corrected chi connectivity index (χ4v) is 1.84. The van der Waals surface area contributed by atoms with Gasteiger partial charge in [-0.2, -0.15) is 18.3 Å². The summed E-state index contributed by atoms with van der Waals surface area (Å²) in [6, 6.07) is 6.52. The Morgan fingerprint density at radius 2 is 2.11 bits per heavy atom. The molecule has 2 rings (SSSR count). The highest BCUT2D eigenvalue weighted by Crippen LogP contribution is 2.30. The van der Waals surface area contributed by atoms with Gasteiger partial charge >= 0.3 is 6.18 Å². The van der Waals surface area contributed by atoms with Gasteiger partial charge in [0.15, 0.2) is 5.69 Å². The Morgan fingerprint density at radius 3 is 2.74 bits per heavy atom. The highest BCUT2D eigenvalue weighted by molar-refractivity contribution is 9.10. The second kappa shape index (κ2) is 5.04. The number of alkyl halides is 3. The highest BCUT2D eigenvalue weighted by atomic mass is 79.9. The summed E-state index contributed by atoms with van der Waals surface area (Å²) in [5, 5.41) is 7.40. The first-order valence-electron chi connectivity index (χ1n) is 5.05. The Hall–Kier alpha value is -1.83. The summed E-state index contributed by atoms with van der Waals surface area (Å²) >= 11 is 3.20. The monoisotopic (exact) mass is 333 g/mol. The van der Waals surface area contributed by atoms with Gasteiger partial charge in [-0.15, -0.1) is 0 Å². The fourth-order valence-electron chi connectivity index (χ4n) is 1.44. The average Bonchev–Trinajstić information content (AvgIpc) is 2.77. The zero-order chi connectivity index (χ0) is 14.0. The molecular weight excluding hydrogens is 327 g/mol. The maximum Gasteiger partial charge on any atom is 0.433 e. The average molecular weight is 334 g/mol. The number of anilines is 1. The minimum atomic E-state index is -4.65. The van der Waals surface area contributed by atoms with Gasteiger partial charge in [0.1, 0.15) is 0 Å². The number of hydrogen-bond donors (Lipinski definition) is 2. The molecule has 0 aliphatic rings. The van der Waals surface area contributed by atoms with Gasteiger partial charge in [0.2, 0.25) is 0 Å². The molecule has 0 aliphatic heterocycles. The van der Waals surface area contributed by atoms with E-state index in [9.17, 15) is 18.0 Å². The number of nitrogens with one attached hydrogen (secondary N) is 2. The molecule has 0 bridgehead atoms. The Morgan fingerprint density at radius 1 is 1.37 bits per heavy atom. The van der Waals surface area contributed by atoms with Crippen molar-refractivity contribution >= 4 is 27.5 Å². The van der Waals surface area contributed by atoms with Crippen LogP contribution in [-0.4, -0.2) is 16.1 Å². The Balaban J connectivity index is 2.24. The maximum absolute atomic E-state index is 12.6. The molecule has 1 heterocycles. The molecule has 0 unspecified atom stereocenters. The second-order valence-corrected chi connectivity index (χ2v) is 4.54. The molecule has 0 saturated heterocycles. The molecule has 0 aliphatic carbocycles. The number of benzene rings is 1. The summed E-state index contributed by atoms with van der Waals surface area (Å²) in [6.07, 6.45) is -3.81. The van der Waals surface area contributed by atoms with Gasteiger partial charge in [0, 0.05) is 10.2 Å². The number of nitrogens with zero attached hydrogens (tertiary/aromatic N) is 1. The van der Waals surface area contributed by atoms with Gasteiger partial charge in [-0.3, -0.25) is 9.89 Å². The van der Waals surface area contributed by atoms with Crippen LogP contribution in [0.25, 0.3) is 0 Å². The lowest BCUT2D eigenvalue weighted by atomic mass is 10.2. The number of H-pyrrole nitrogens is 1. The molecule has 0 saturated carbocycles. The lowest BCUT2D eigenvalue weighted by molar-refractivity contribution is -0.141. The van der Waals surface area contributed by atoms with E-state index in [1.807, 2.05) is 0 Å². The second-order valence-electron chi connectivity index (χ2n) is 3.62. The Kier molecular flexibility index (Phi) is 3.61. The van der Waals surface area contributed by atoms with Crippen molar-refractivity contribution in [2.75, 3.05) is 5.32 Å². The third kappa shape index (κ3) is 3.14. The summed E-state index contributed by atoms with van der Waals surface area (Å²) in [6.45, 7) is 0. The molecule has 0 fully saturated rings. The van der Waals surface area contributed by atoms with Gasteiger partial charge in [-0.25, -0.2) is 0 Å². The van der Waals surface area contributed by atoms with Gasteiger partial charge < -0.3 is 5.32 Å². The normalized spacial score (nSPS) is 11.4. The van der Waals surface area contributed by atoms with Crippen LogP contribution >= 0.6 is 15.9 Å². The number of amides is 1. The van der Waals surface area contributed by atoms with Crippen molar-refractivity contribution in [2.45, 2.75) is 6.18 Å². The summed E-state index contributed by atoms with van der Waals surface area (Å²) in [5.41, 5.74) is -1.33. The van der Waals surface area contributed by atoms with Crippen molar-refractivity contribution in [1.82, 2.24) is 10.2 Å². The van der Waals surface area contributed by atoms with Crippen molar-refractivity contribution in [3.8, 4) is 0 Å². The van der Waals surface area contributed by atoms with Crippen molar-refractivity contribution in [1.29, 1.82) is 0 Å². The SMILES string of the molecule is O=C(Nc1cccc(Br)c1)c1cn[nH]c1C(F)(F)F. The zero-order valence-electron chi connectivity index (χ0n) is 9.25. The molecule has 1 aromatic heterocycles. The van der Waals surface area contributed by atoms with Gasteiger partial charge in [0.25, 0.3) is 5.91 Å². The van der Waals surface area contributed by atoms with Crippen LogP contribution in [0.4, 0.5) is 18.9 Å². The molecular formula is C11H7BrF3N3O. The van der Waals surface area contributed by atoms with Crippen LogP contribution in [-0.2, 0) is 6.18 Å². The summed E-state index contributed by atoms with van der Waals surface area (Å²) in [4.78, 5) is 11.8. The molecule has 2 N–H and O–H groups in total. The third-order valence-corrected chi connectivity index (χ3v) is 2.74. The van der Waals surface area contributed by atoms with E-state index in [0.717, 1.165) is 6.20 Å². The van der Waals surface area contributed by atoms with E-state index in [1.165, 1.54) is 0 Å².